The minimum Gasteiger partial charge on any atom is -0.0651 e. The van der Waals surface area contributed by atoms with Crippen LogP contribution in [0.5, 0.6) is 0 Å². The van der Waals surface area contributed by atoms with Crippen molar-refractivity contribution in [3.8, 4) is 11.1 Å². The molecule has 0 radical (unpaired) electrons. The zero-order valence-corrected chi connectivity index (χ0v) is 13.7. The van der Waals surface area contributed by atoms with Gasteiger partial charge >= 0.3 is 0 Å². The summed E-state index contributed by atoms with van der Waals surface area (Å²) in [4.78, 5) is 0. The molecule has 3 aromatic carbocycles. The van der Waals surface area contributed by atoms with Crippen LogP contribution in [0.25, 0.3) is 22.8 Å². The molecule has 0 aromatic heterocycles. The normalized spacial score (nSPS) is 17.4. The van der Waals surface area contributed by atoms with E-state index < -0.39 is 0 Å². The van der Waals surface area contributed by atoms with Crippen molar-refractivity contribution in [2.45, 2.75) is 5.41 Å². The van der Waals surface area contributed by atoms with Crippen molar-refractivity contribution in [1.82, 2.24) is 0 Å². The van der Waals surface area contributed by atoms with Crippen molar-refractivity contribution in [2.75, 3.05) is 0 Å². The minimum absolute atomic E-state index is 0.170. The fraction of sp³-hybridized carbons (Fsp3) is 0.0400. The number of allylic oxidation sites excluding steroid dienone is 5. The second kappa shape index (κ2) is 4.49. The molecule has 0 nitrogen and oxygen atoms in total. The molecule has 116 valence electrons. The molecule has 3 aliphatic carbocycles. The van der Waals surface area contributed by atoms with Crippen LogP contribution in [0.3, 0.4) is 0 Å². The Kier molecular flexibility index (Phi) is 2.37. The van der Waals surface area contributed by atoms with Gasteiger partial charge in [0.1, 0.15) is 0 Å². The van der Waals surface area contributed by atoms with E-state index >= 15 is 0 Å². The fourth-order valence-corrected chi connectivity index (χ4v) is 4.87. The number of hydrogen-bond acceptors (Lipinski definition) is 0. The molecule has 0 unspecified atom stereocenters. The third-order valence-electron chi connectivity index (χ3n) is 5.87. The van der Waals surface area contributed by atoms with Crippen molar-refractivity contribution >= 4 is 11.6 Å². The van der Waals surface area contributed by atoms with Crippen LogP contribution >= 0.6 is 0 Å². The smallest absolute Gasteiger partial charge is 0.0651 e. The van der Waals surface area contributed by atoms with Crippen LogP contribution < -0.4 is 0 Å². The van der Waals surface area contributed by atoms with E-state index in [-0.39, 0.29) is 5.41 Å². The Morgan fingerprint density at radius 3 is 1.92 bits per heavy atom. The third-order valence-corrected chi connectivity index (χ3v) is 5.87. The Morgan fingerprint density at radius 2 is 1.20 bits per heavy atom. The Morgan fingerprint density at radius 1 is 0.600 bits per heavy atom. The molecule has 0 heterocycles. The molecule has 0 N–H and O–H groups in total. The maximum absolute atomic E-state index is 2.39. The van der Waals surface area contributed by atoms with Gasteiger partial charge in [0.2, 0.25) is 0 Å². The first-order valence-electron chi connectivity index (χ1n) is 8.80. The van der Waals surface area contributed by atoms with Gasteiger partial charge in [-0.05, 0) is 50.6 Å². The molecule has 0 heteroatoms. The Balaban J connectivity index is 1.73. The molecule has 0 atom stereocenters. The molecule has 6 rings (SSSR count). The first kappa shape index (κ1) is 13.2. The summed E-state index contributed by atoms with van der Waals surface area (Å²) in [7, 11) is 0. The highest BCUT2D eigenvalue weighted by molar-refractivity contribution is 6.02. The number of benzene rings is 3. The minimum atomic E-state index is -0.170. The summed E-state index contributed by atoms with van der Waals surface area (Å²) in [5.41, 5.74) is 10.8. The standard InChI is InChI=1S/C25H16/c1-2-9-18-17(8-1)16-24-19(18)12-7-15-25(24)22-13-5-3-10-20(22)21-11-4-6-14-23(21)25/h1-16H. The lowest BCUT2D eigenvalue weighted by atomic mass is 9.68. The van der Waals surface area contributed by atoms with Crippen LogP contribution in [0.4, 0.5) is 0 Å². The molecule has 0 fully saturated rings. The molecular formula is C25H16. The van der Waals surface area contributed by atoms with E-state index in [2.05, 4.69) is 97.1 Å². The number of rotatable bonds is 0. The van der Waals surface area contributed by atoms with Crippen molar-refractivity contribution in [1.29, 1.82) is 0 Å². The lowest BCUT2D eigenvalue weighted by molar-refractivity contribution is 0.811. The predicted molar refractivity (Wildman–Crippen MR) is 104 cm³/mol. The molecule has 1 spiro atoms. The molecule has 0 saturated heterocycles. The molecule has 3 aromatic rings. The molecule has 25 heavy (non-hydrogen) atoms. The fourth-order valence-electron chi connectivity index (χ4n) is 4.87. The average molecular weight is 316 g/mol. The van der Waals surface area contributed by atoms with E-state index in [1.54, 1.807) is 0 Å². The summed E-state index contributed by atoms with van der Waals surface area (Å²) in [6.45, 7) is 0. The lowest BCUT2D eigenvalue weighted by Crippen LogP contribution is -2.26. The lowest BCUT2D eigenvalue weighted by Gasteiger charge is -2.33. The first-order chi connectivity index (χ1) is 12.4. The van der Waals surface area contributed by atoms with E-state index in [1.165, 1.54) is 44.5 Å². The van der Waals surface area contributed by atoms with Gasteiger partial charge in [-0.1, -0.05) is 91.0 Å². The SMILES string of the molecule is C1=CC2(C3=Cc4ccccc4C3=C1)c1ccccc1-c1ccccc12. The number of fused-ring (bicyclic) bond motifs is 9. The van der Waals surface area contributed by atoms with Crippen LogP contribution in [-0.4, -0.2) is 0 Å². The highest BCUT2D eigenvalue weighted by atomic mass is 14.5. The summed E-state index contributed by atoms with van der Waals surface area (Å²) in [6, 6.07) is 26.5. The highest BCUT2D eigenvalue weighted by Gasteiger charge is 2.47. The summed E-state index contributed by atoms with van der Waals surface area (Å²) in [5.74, 6) is 0. The van der Waals surface area contributed by atoms with Gasteiger partial charge in [0.05, 0.1) is 5.41 Å². The van der Waals surface area contributed by atoms with Crippen molar-refractivity contribution in [3.63, 3.8) is 0 Å². The molecule has 0 bridgehead atoms. The summed E-state index contributed by atoms with van der Waals surface area (Å²) in [6.07, 6.45) is 9.29. The molecular weight excluding hydrogens is 300 g/mol. The zero-order chi connectivity index (χ0) is 16.4. The van der Waals surface area contributed by atoms with Gasteiger partial charge in [-0.3, -0.25) is 0 Å². The predicted octanol–water partition coefficient (Wildman–Crippen LogP) is 6.00. The molecule has 3 aliphatic rings. The Bertz CT molecular complexity index is 1090. The monoisotopic (exact) mass is 316 g/mol. The quantitative estimate of drug-likeness (QED) is 0.477. The molecule has 0 amide bonds. The van der Waals surface area contributed by atoms with Gasteiger partial charge < -0.3 is 0 Å². The van der Waals surface area contributed by atoms with Crippen LogP contribution in [0.2, 0.25) is 0 Å². The second-order valence-electron chi connectivity index (χ2n) is 6.98. The number of hydrogen-bond donors (Lipinski definition) is 0. The van der Waals surface area contributed by atoms with Gasteiger partial charge in [0.15, 0.2) is 0 Å². The topological polar surface area (TPSA) is 0 Å². The Labute approximate surface area is 147 Å². The van der Waals surface area contributed by atoms with Crippen molar-refractivity contribution in [2.24, 2.45) is 0 Å². The van der Waals surface area contributed by atoms with E-state index in [1.807, 2.05) is 0 Å². The summed E-state index contributed by atoms with van der Waals surface area (Å²) in [5, 5.41) is 0. The molecule has 0 saturated carbocycles. The van der Waals surface area contributed by atoms with E-state index in [0.29, 0.717) is 0 Å². The first-order valence-corrected chi connectivity index (χ1v) is 8.80. The van der Waals surface area contributed by atoms with Gasteiger partial charge in [-0.2, -0.15) is 0 Å². The van der Waals surface area contributed by atoms with E-state index in [9.17, 15) is 0 Å². The Hall–Kier alpha value is -3.12. The average Bonchev–Trinajstić information content (AvgIpc) is 3.19. The van der Waals surface area contributed by atoms with Crippen LogP contribution in [0.15, 0.2) is 96.6 Å². The third kappa shape index (κ3) is 1.48. The van der Waals surface area contributed by atoms with E-state index in [4.69, 9.17) is 0 Å². The maximum Gasteiger partial charge on any atom is 0.0653 e. The highest BCUT2D eigenvalue weighted by Crippen LogP contribution is 2.59. The van der Waals surface area contributed by atoms with Crippen molar-refractivity contribution in [3.05, 3.63) is 119 Å². The van der Waals surface area contributed by atoms with Crippen LogP contribution in [0, 0.1) is 0 Å². The van der Waals surface area contributed by atoms with Crippen LogP contribution in [-0.2, 0) is 5.41 Å². The zero-order valence-electron chi connectivity index (χ0n) is 13.7. The van der Waals surface area contributed by atoms with Gasteiger partial charge in [-0.15, -0.1) is 0 Å². The molecule has 0 aliphatic heterocycles. The van der Waals surface area contributed by atoms with Crippen LogP contribution in [0.1, 0.15) is 22.3 Å². The van der Waals surface area contributed by atoms with E-state index in [0.717, 1.165) is 0 Å². The maximum atomic E-state index is 2.39. The second-order valence-corrected chi connectivity index (χ2v) is 6.98. The van der Waals surface area contributed by atoms with Crippen molar-refractivity contribution < 1.29 is 0 Å². The summed E-state index contributed by atoms with van der Waals surface area (Å²) < 4.78 is 0. The van der Waals surface area contributed by atoms with Gasteiger partial charge in [-0.25, -0.2) is 0 Å². The summed E-state index contributed by atoms with van der Waals surface area (Å²) >= 11 is 0. The van der Waals surface area contributed by atoms with Gasteiger partial charge in [0.25, 0.3) is 0 Å². The van der Waals surface area contributed by atoms with Gasteiger partial charge in [0, 0.05) is 0 Å². The largest absolute Gasteiger partial charge is 0.0653 e.